The molecule has 0 saturated heterocycles. The summed E-state index contributed by atoms with van der Waals surface area (Å²) in [4.78, 5) is 23.4. The van der Waals surface area contributed by atoms with Crippen molar-refractivity contribution >= 4 is 17.6 Å². The Hall–Kier alpha value is -2.18. The molecular formula is C14H18F2N2O3. The first-order chi connectivity index (χ1) is 9.72. The summed E-state index contributed by atoms with van der Waals surface area (Å²) in [6.07, 6.45) is 0. The number of carboxylic acids is 1. The summed E-state index contributed by atoms with van der Waals surface area (Å²) in [6.45, 7) is 4.09. The van der Waals surface area contributed by atoms with E-state index in [0.29, 0.717) is 6.54 Å². The topological polar surface area (TPSA) is 69.6 Å². The molecule has 0 heterocycles. The second-order valence-electron chi connectivity index (χ2n) is 5.15. The zero-order valence-electron chi connectivity index (χ0n) is 12.1. The van der Waals surface area contributed by atoms with Crippen LogP contribution >= 0.6 is 0 Å². The lowest BCUT2D eigenvalue weighted by Crippen LogP contribution is -2.37. The Labute approximate surface area is 121 Å². The number of halogens is 2. The van der Waals surface area contributed by atoms with Crippen LogP contribution in [0.5, 0.6) is 0 Å². The van der Waals surface area contributed by atoms with Gasteiger partial charge in [-0.2, -0.15) is 0 Å². The van der Waals surface area contributed by atoms with Crippen LogP contribution in [0.1, 0.15) is 24.2 Å². The lowest BCUT2D eigenvalue weighted by Gasteiger charge is -2.20. The number of nitrogens with one attached hydrogen (secondary N) is 1. The van der Waals surface area contributed by atoms with E-state index in [-0.39, 0.29) is 18.4 Å². The SMILES string of the molecule is CC(C)CNC(=O)CN(C)c1c(F)cc(C(=O)O)cc1F. The van der Waals surface area contributed by atoms with Gasteiger partial charge in [-0.05, 0) is 18.1 Å². The summed E-state index contributed by atoms with van der Waals surface area (Å²) in [6, 6.07) is 1.45. The van der Waals surface area contributed by atoms with Gasteiger partial charge in [0.2, 0.25) is 5.91 Å². The second kappa shape index (κ2) is 7.01. The number of hydrogen-bond acceptors (Lipinski definition) is 3. The van der Waals surface area contributed by atoms with Gasteiger partial charge in [-0.25, -0.2) is 13.6 Å². The van der Waals surface area contributed by atoms with Crippen molar-refractivity contribution in [2.24, 2.45) is 5.92 Å². The molecule has 2 N–H and O–H groups in total. The van der Waals surface area contributed by atoms with E-state index >= 15 is 0 Å². The lowest BCUT2D eigenvalue weighted by atomic mass is 10.1. The number of carbonyl (C=O) groups is 2. The number of likely N-dealkylation sites (N-methyl/N-ethyl adjacent to an activating group) is 1. The Kier molecular flexibility index (Phi) is 5.63. The molecule has 21 heavy (non-hydrogen) atoms. The number of carboxylic acid groups (broad SMARTS) is 1. The van der Waals surface area contributed by atoms with Crippen LogP contribution in [0, 0.1) is 17.6 Å². The number of anilines is 1. The van der Waals surface area contributed by atoms with Crippen molar-refractivity contribution in [2.45, 2.75) is 13.8 Å². The minimum absolute atomic E-state index is 0.229. The fourth-order valence-corrected chi connectivity index (χ4v) is 1.72. The Morgan fingerprint density at radius 1 is 1.29 bits per heavy atom. The molecule has 0 radical (unpaired) electrons. The molecule has 0 saturated carbocycles. The van der Waals surface area contributed by atoms with Crippen molar-refractivity contribution in [2.75, 3.05) is 25.0 Å². The smallest absolute Gasteiger partial charge is 0.335 e. The third-order valence-electron chi connectivity index (χ3n) is 2.73. The van der Waals surface area contributed by atoms with E-state index in [0.717, 1.165) is 17.0 Å². The second-order valence-corrected chi connectivity index (χ2v) is 5.15. The molecule has 7 heteroatoms. The lowest BCUT2D eigenvalue weighted by molar-refractivity contribution is -0.119. The maximum absolute atomic E-state index is 13.8. The van der Waals surface area contributed by atoms with E-state index in [1.165, 1.54) is 7.05 Å². The standard InChI is InChI=1S/C14H18F2N2O3/c1-8(2)6-17-12(19)7-18(3)13-10(15)4-9(14(20)21)5-11(13)16/h4-5,8H,6-7H2,1-3H3,(H,17,19)(H,20,21). The van der Waals surface area contributed by atoms with Gasteiger partial charge in [0.05, 0.1) is 12.1 Å². The van der Waals surface area contributed by atoms with Gasteiger partial charge >= 0.3 is 5.97 Å². The largest absolute Gasteiger partial charge is 0.478 e. The molecule has 1 aromatic rings. The molecule has 0 spiro atoms. The number of aromatic carboxylic acids is 1. The molecule has 5 nitrogen and oxygen atoms in total. The van der Waals surface area contributed by atoms with Gasteiger partial charge in [-0.3, -0.25) is 4.79 Å². The Bertz CT molecular complexity index is 524. The maximum Gasteiger partial charge on any atom is 0.335 e. The van der Waals surface area contributed by atoms with Crippen LogP contribution in [0.15, 0.2) is 12.1 Å². The van der Waals surface area contributed by atoms with E-state index in [2.05, 4.69) is 5.32 Å². The number of carbonyl (C=O) groups excluding carboxylic acids is 1. The van der Waals surface area contributed by atoms with Gasteiger partial charge in [0.1, 0.15) is 17.3 Å². The molecule has 1 aromatic carbocycles. The van der Waals surface area contributed by atoms with Gasteiger partial charge < -0.3 is 15.3 Å². The third-order valence-corrected chi connectivity index (χ3v) is 2.73. The van der Waals surface area contributed by atoms with Gasteiger partial charge in [0.25, 0.3) is 0 Å². The predicted octanol–water partition coefficient (Wildman–Crippen LogP) is 1.87. The predicted molar refractivity (Wildman–Crippen MR) is 74.4 cm³/mol. The molecule has 0 aromatic heterocycles. The number of hydrogen-bond donors (Lipinski definition) is 2. The summed E-state index contributed by atoms with van der Waals surface area (Å²) in [7, 11) is 1.36. The highest BCUT2D eigenvalue weighted by Gasteiger charge is 2.19. The molecule has 0 bridgehead atoms. The fraction of sp³-hybridized carbons (Fsp3) is 0.429. The van der Waals surface area contributed by atoms with E-state index in [1.54, 1.807) is 0 Å². The molecule has 0 atom stereocenters. The molecule has 0 fully saturated rings. The van der Waals surface area contributed by atoms with Crippen molar-refractivity contribution in [3.05, 3.63) is 29.3 Å². The van der Waals surface area contributed by atoms with Gasteiger partial charge in [-0.1, -0.05) is 13.8 Å². The highest BCUT2D eigenvalue weighted by atomic mass is 19.1. The number of amides is 1. The monoisotopic (exact) mass is 300 g/mol. The van der Waals surface area contributed by atoms with Crippen molar-refractivity contribution in [3.8, 4) is 0 Å². The highest BCUT2D eigenvalue weighted by Crippen LogP contribution is 2.24. The van der Waals surface area contributed by atoms with Crippen LogP contribution in [0.25, 0.3) is 0 Å². The molecule has 116 valence electrons. The molecule has 0 aliphatic carbocycles. The van der Waals surface area contributed by atoms with Crippen LogP contribution in [0.2, 0.25) is 0 Å². The molecule has 0 unspecified atom stereocenters. The molecule has 0 aliphatic rings. The summed E-state index contributed by atoms with van der Waals surface area (Å²) >= 11 is 0. The quantitative estimate of drug-likeness (QED) is 0.841. The fourth-order valence-electron chi connectivity index (χ4n) is 1.72. The van der Waals surface area contributed by atoms with Gasteiger partial charge in [0.15, 0.2) is 0 Å². The average Bonchev–Trinajstić information content (AvgIpc) is 2.35. The van der Waals surface area contributed by atoms with E-state index in [1.807, 2.05) is 13.8 Å². The molecule has 1 rings (SSSR count). The molecule has 0 aliphatic heterocycles. The zero-order chi connectivity index (χ0) is 16.2. The first-order valence-corrected chi connectivity index (χ1v) is 6.42. The normalized spacial score (nSPS) is 10.6. The van der Waals surface area contributed by atoms with Crippen LogP contribution in [0.3, 0.4) is 0 Å². The maximum atomic E-state index is 13.8. The third kappa shape index (κ3) is 4.70. The first kappa shape index (κ1) is 16.9. The number of rotatable bonds is 6. The van der Waals surface area contributed by atoms with Crippen molar-refractivity contribution < 1.29 is 23.5 Å². The van der Waals surface area contributed by atoms with Crippen molar-refractivity contribution in [3.63, 3.8) is 0 Å². The van der Waals surface area contributed by atoms with Crippen LogP contribution in [0.4, 0.5) is 14.5 Å². The summed E-state index contributed by atoms with van der Waals surface area (Å²) < 4.78 is 27.6. The molecular weight excluding hydrogens is 282 g/mol. The Morgan fingerprint density at radius 2 is 1.81 bits per heavy atom. The van der Waals surface area contributed by atoms with Crippen LogP contribution < -0.4 is 10.2 Å². The average molecular weight is 300 g/mol. The Morgan fingerprint density at radius 3 is 2.24 bits per heavy atom. The van der Waals surface area contributed by atoms with E-state index in [9.17, 15) is 18.4 Å². The number of benzene rings is 1. The zero-order valence-corrected chi connectivity index (χ0v) is 12.1. The summed E-state index contributed by atoms with van der Waals surface area (Å²) in [5, 5.41) is 11.4. The van der Waals surface area contributed by atoms with E-state index in [4.69, 9.17) is 5.11 Å². The summed E-state index contributed by atoms with van der Waals surface area (Å²) in [5.74, 6) is -3.57. The van der Waals surface area contributed by atoms with Crippen LogP contribution in [-0.2, 0) is 4.79 Å². The Balaban J connectivity index is 2.85. The highest BCUT2D eigenvalue weighted by molar-refractivity contribution is 5.88. The van der Waals surface area contributed by atoms with Crippen molar-refractivity contribution in [1.82, 2.24) is 5.32 Å². The molecule has 1 amide bonds. The van der Waals surface area contributed by atoms with Gasteiger partial charge in [0, 0.05) is 13.6 Å². The minimum atomic E-state index is -1.42. The summed E-state index contributed by atoms with van der Waals surface area (Å²) in [5.41, 5.74) is -0.911. The van der Waals surface area contributed by atoms with Crippen LogP contribution in [-0.4, -0.2) is 37.1 Å². The van der Waals surface area contributed by atoms with E-state index < -0.39 is 28.9 Å². The first-order valence-electron chi connectivity index (χ1n) is 6.42. The minimum Gasteiger partial charge on any atom is -0.478 e. The number of nitrogens with zero attached hydrogens (tertiary/aromatic N) is 1. The van der Waals surface area contributed by atoms with Crippen molar-refractivity contribution in [1.29, 1.82) is 0 Å². The van der Waals surface area contributed by atoms with Gasteiger partial charge in [-0.15, -0.1) is 0 Å².